The summed E-state index contributed by atoms with van der Waals surface area (Å²) in [5, 5.41) is 2.30. The first-order chi connectivity index (χ1) is 7.68. The molecule has 0 aliphatic rings. The van der Waals surface area contributed by atoms with Crippen molar-refractivity contribution < 1.29 is 4.79 Å². The van der Waals surface area contributed by atoms with E-state index < -0.39 is 0 Å². The Morgan fingerprint density at radius 3 is 3.06 bits per heavy atom. The summed E-state index contributed by atoms with van der Waals surface area (Å²) in [5.74, 6) is 0.667. The predicted octanol–water partition coefficient (Wildman–Crippen LogP) is 2.40. The molecular weight excluding hydrogens is 246 g/mol. The number of imidazole rings is 1. The third-order valence-electron chi connectivity index (χ3n) is 2.10. The molecule has 0 radical (unpaired) electrons. The van der Waals surface area contributed by atoms with Gasteiger partial charge in [-0.25, -0.2) is 4.98 Å². The lowest BCUT2D eigenvalue weighted by atomic mass is 10.4. The molecule has 0 aromatic carbocycles. The molecule has 2 aromatic heterocycles. The van der Waals surface area contributed by atoms with Crippen LogP contribution in [0.4, 0.5) is 0 Å². The van der Waals surface area contributed by atoms with Gasteiger partial charge in [-0.2, -0.15) is 0 Å². The molecule has 4 nitrogen and oxygen atoms in total. The Kier molecular flexibility index (Phi) is 3.26. The van der Waals surface area contributed by atoms with Gasteiger partial charge in [-0.05, 0) is 11.4 Å². The Balaban J connectivity index is 2.08. The van der Waals surface area contributed by atoms with Gasteiger partial charge in [0.1, 0.15) is 10.7 Å². The van der Waals surface area contributed by atoms with Crippen molar-refractivity contribution in [3.63, 3.8) is 0 Å². The number of hydrogen-bond acceptors (Lipinski definition) is 3. The van der Waals surface area contributed by atoms with Gasteiger partial charge in [0, 0.05) is 19.4 Å². The number of H-pyrrole nitrogens is 1. The van der Waals surface area contributed by atoms with Crippen LogP contribution in [0.2, 0.25) is 5.02 Å². The van der Waals surface area contributed by atoms with Crippen molar-refractivity contribution in [1.29, 1.82) is 0 Å². The van der Waals surface area contributed by atoms with E-state index in [-0.39, 0.29) is 5.91 Å². The highest BCUT2D eigenvalue weighted by molar-refractivity contribution is 7.12. The lowest BCUT2D eigenvalue weighted by molar-refractivity contribution is 0.0787. The van der Waals surface area contributed by atoms with E-state index in [0.29, 0.717) is 16.4 Å². The molecule has 2 rings (SSSR count). The normalized spacial score (nSPS) is 10.4. The number of amides is 1. The zero-order chi connectivity index (χ0) is 11.5. The molecule has 1 amide bonds. The number of hydrogen-bond donors (Lipinski definition) is 1. The number of nitrogens with zero attached hydrogens (tertiary/aromatic N) is 2. The van der Waals surface area contributed by atoms with Gasteiger partial charge < -0.3 is 9.88 Å². The van der Waals surface area contributed by atoms with Crippen molar-refractivity contribution in [3.8, 4) is 0 Å². The molecule has 0 spiro atoms. The number of carbonyl (C=O) groups is 1. The van der Waals surface area contributed by atoms with Gasteiger partial charge in [0.25, 0.3) is 5.91 Å². The topological polar surface area (TPSA) is 49.0 Å². The van der Waals surface area contributed by atoms with Crippen LogP contribution in [0.3, 0.4) is 0 Å². The summed E-state index contributed by atoms with van der Waals surface area (Å²) in [6.45, 7) is 0.445. The molecule has 2 aromatic rings. The fourth-order valence-electron chi connectivity index (χ4n) is 1.30. The van der Waals surface area contributed by atoms with Gasteiger partial charge in [-0.1, -0.05) is 11.6 Å². The van der Waals surface area contributed by atoms with Crippen LogP contribution < -0.4 is 0 Å². The van der Waals surface area contributed by atoms with Crippen LogP contribution in [0.15, 0.2) is 23.8 Å². The molecule has 0 saturated carbocycles. The fourth-order valence-corrected chi connectivity index (χ4v) is 2.43. The number of aromatic amines is 1. The van der Waals surface area contributed by atoms with Crippen molar-refractivity contribution in [2.45, 2.75) is 6.54 Å². The van der Waals surface area contributed by atoms with Crippen molar-refractivity contribution in [2.75, 3.05) is 7.05 Å². The van der Waals surface area contributed by atoms with E-state index in [0.717, 1.165) is 5.82 Å². The lowest BCUT2D eigenvalue weighted by Crippen LogP contribution is -2.26. The minimum Gasteiger partial charge on any atom is -0.347 e. The van der Waals surface area contributed by atoms with Crippen LogP contribution in [0.1, 0.15) is 15.5 Å². The highest BCUT2D eigenvalue weighted by atomic mass is 35.5. The maximum atomic E-state index is 12.0. The maximum Gasteiger partial charge on any atom is 0.265 e. The molecule has 0 aliphatic heterocycles. The third-order valence-corrected chi connectivity index (χ3v) is 3.43. The van der Waals surface area contributed by atoms with Crippen LogP contribution in [-0.4, -0.2) is 27.8 Å². The van der Waals surface area contributed by atoms with E-state index >= 15 is 0 Å². The van der Waals surface area contributed by atoms with Crippen LogP contribution in [0.25, 0.3) is 0 Å². The molecule has 6 heteroatoms. The van der Waals surface area contributed by atoms with Gasteiger partial charge in [0.15, 0.2) is 0 Å². The molecule has 1 N–H and O–H groups in total. The molecule has 0 aliphatic carbocycles. The van der Waals surface area contributed by atoms with Crippen LogP contribution in [-0.2, 0) is 6.54 Å². The minimum absolute atomic E-state index is 0.0867. The molecule has 0 bridgehead atoms. The van der Waals surface area contributed by atoms with Crippen molar-refractivity contribution in [2.24, 2.45) is 0 Å². The SMILES string of the molecule is CN(Cc1ncc[nH]1)C(=O)c1sccc1Cl. The van der Waals surface area contributed by atoms with Crippen molar-refractivity contribution in [3.05, 3.63) is 39.6 Å². The molecule has 0 saturated heterocycles. The molecule has 16 heavy (non-hydrogen) atoms. The predicted molar refractivity (Wildman–Crippen MR) is 63.7 cm³/mol. The van der Waals surface area contributed by atoms with E-state index in [9.17, 15) is 4.79 Å². The van der Waals surface area contributed by atoms with E-state index in [4.69, 9.17) is 11.6 Å². The van der Waals surface area contributed by atoms with Crippen LogP contribution in [0, 0.1) is 0 Å². The van der Waals surface area contributed by atoms with E-state index in [1.165, 1.54) is 11.3 Å². The van der Waals surface area contributed by atoms with Crippen molar-refractivity contribution in [1.82, 2.24) is 14.9 Å². The van der Waals surface area contributed by atoms with Gasteiger partial charge in [0.05, 0.1) is 11.6 Å². The summed E-state index contributed by atoms with van der Waals surface area (Å²) < 4.78 is 0. The quantitative estimate of drug-likeness (QED) is 0.916. The first-order valence-corrected chi connectivity index (χ1v) is 5.91. The lowest BCUT2D eigenvalue weighted by Gasteiger charge is -2.14. The van der Waals surface area contributed by atoms with Crippen LogP contribution in [0.5, 0.6) is 0 Å². The average Bonchev–Trinajstić information content (AvgIpc) is 2.88. The highest BCUT2D eigenvalue weighted by Gasteiger charge is 2.17. The summed E-state index contributed by atoms with van der Waals surface area (Å²) in [7, 11) is 1.72. The molecule has 2 heterocycles. The second-order valence-corrected chi connectivity index (χ2v) is 4.62. The summed E-state index contributed by atoms with van der Waals surface area (Å²) >= 11 is 7.24. The molecule has 0 atom stereocenters. The first-order valence-electron chi connectivity index (χ1n) is 4.65. The van der Waals surface area contributed by atoms with Gasteiger partial charge >= 0.3 is 0 Å². The Hall–Kier alpha value is -1.33. The molecular formula is C10H10ClN3OS. The Morgan fingerprint density at radius 1 is 1.69 bits per heavy atom. The number of carbonyl (C=O) groups excluding carboxylic acids is 1. The Labute approximate surface area is 102 Å². The fraction of sp³-hybridized carbons (Fsp3) is 0.200. The second-order valence-electron chi connectivity index (χ2n) is 3.29. The maximum absolute atomic E-state index is 12.0. The zero-order valence-electron chi connectivity index (χ0n) is 8.61. The van der Waals surface area contributed by atoms with Crippen LogP contribution >= 0.6 is 22.9 Å². The van der Waals surface area contributed by atoms with Gasteiger partial charge in [0.2, 0.25) is 0 Å². The number of halogens is 1. The number of thiophene rings is 1. The number of rotatable bonds is 3. The largest absolute Gasteiger partial charge is 0.347 e. The summed E-state index contributed by atoms with van der Waals surface area (Å²) in [6.07, 6.45) is 3.39. The monoisotopic (exact) mass is 255 g/mol. The average molecular weight is 256 g/mol. The minimum atomic E-state index is -0.0867. The Morgan fingerprint density at radius 2 is 2.50 bits per heavy atom. The highest BCUT2D eigenvalue weighted by Crippen LogP contribution is 2.23. The standard InChI is InChI=1S/C10H10ClN3OS/c1-14(6-8-12-3-4-13-8)10(15)9-7(11)2-5-16-9/h2-5H,6H2,1H3,(H,12,13). The van der Waals surface area contributed by atoms with Gasteiger partial charge in [-0.3, -0.25) is 4.79 Å². The number of aromatic nitrogens is 2. The Bertz CT molecular complexity index is 480. The van der Waals surface area contributed by atoms with Crippen molar-refractivity contribution >= 4 is 28.8 Å². The summed E-state index contributed by atoms with van der Waals surface area (Å²) in [4.78, 5) is 21.1. The zero-order valence-corrected chi connectivity index (χ0v) is 10.2. The summed E-state index contributed by atoms with van der Waals surface area (Å²) in [5.41, 5.74) is 0. The van der Waals surface area contributed by atoms with E-state index in [1.807, 2.05) is 0 Å². The van der Waals surface area contributed by atoms with Gasteiger partial charge in [-0.15, -0.1) is 11.3 Å². The second kappa shape index (κ2) is 4.67. The molecule has 0 unspecified atom stereocenters. The number of nitrogens with one attached hydrogen (secondary N) is 1. The van der Waals surface area contributed by atoms with E-state index in [2.05, 4.69) is 9.97 Å². The third kappa shape index (κ3) is 2.25. The smallest absolute Gasteiger partial charge is 0.265 e. The molecule has 84 valence electrons. The van der Waals surface area contributed by atoms with E-state index in [1.54, 1.807) is 35.8 Å². The summed E-state index contributed by atoms with van der Waals surface area (Å²) in [6, 6.07) is 1.72. The molecule has 0 fully saturated rings. The first kappa shape index (κ1) is 11.2.